The summed E-state index contributed by atoms with van der Waals surface area (Å²) in [5.74, 6) is 0.141. The van der Waals surface area contributed by atoms with Gasteiger partial charge in [0.05, 0.1) is 19.0 Å². The molecule has 3 unspecified atom stereocenters. The normalized spacial score (nSPS) is 24.4. The van der Waals surface area contributed by atoms with Crippen LogP contribution in [0.3, 0.4) is 0 Å². The van der Waals surface area contributed by atoms with Crippen molar-refractivity contribution < 1.29 is 51.3 Å². The van der Waals surface area contributed by atoms with Gasteiger partial charge in [-0.1, -0.05) is 5.11 Å². The molecule has 2 aromatic heterocycles. The van der Waals surface area contributed by atoms with Gasteiger partial charge in [-0.25, -0.2) is 28.4 Å². The number of rotatable bonds is 11. The minimum Gasteiger partial charge on any atom is -0.382 e. The molecule has 1 aliphatic heterocycles. The lowest BCUT2D eigenvalue weighted by atomic mass is 10.2. The summed E-state index contributed by atoms with van der Waals surface area (Å²) >= 11 is 4.59. The van der Waals surface area contributed by atoms with Crippen molar-refractivity contribution in [2.45, 2.75) is 24.9 Å². The lowest BCUT2D eigenvalue weighted by Crippen LogP contribution is -2.29. The molecule has 6 N–H and O–H groups in total. The predicted molar refractivity (Wildman–Crippen MR) is 114 cm³/mol. The summed E-state index contributed by atoms with van der Waals surface area (Å²) in [6.45, 7) is -5.50. The highest BCUT2D eigenvalue weighted by Crippen LogP contribution is 2.66. The molecule has 1 aliphatic rings. The molecule has 0 radical (unpaired) electrons. The van der Waals surface area contributed by atoms with Crippen molar-refractivity contribution in [3.05, 3.63) is 23.1 Å². The summed E-state index contributed by atoms with van der Waals surface area (Å²) in [5.41, 5.74) is 14.9. The number of nitrogens with two attached hydrogens (primary N) is 1. The molecule has 0 saturated carbocycles. The maximum Gasteiger partial charge on any atom is 0.488 e. The van der Waals surface area contributed by atoms with Crippen LogP contribution in [0.25, 0.3) is 21.6 Å². The lowest BCUT2D eigenvalue weighted by Gasteiger charge is -2.22. The van der Waals surface area contributed by atoms with E-state index in [1.165, 1.54) is 17.2 Å². The average Bonchev–Trinajstić information content (AvgIpc) is 3.28. The van der Waals surface area contributed by atoms with Gasteiger partial charge in [-0.15, -0.1) is 0 Å². The van der Waals surface area contributed by atoms with Gasteiger partial charge < -0.3 is 39.3 Å². The van der Waals surface area contributed by atoms with Crippen LogP contribution in [0.15, 0.2) is 17.8 Å². The molecular weight excluding hydrogens is 545 g/mol. The highest BCUT2D eigenvalue weighted by atomic mass is 32.5. The number of fused-ring (bicyclic) bond motifs is 1. The Hall–Kier alpha value is -1.59. The van der Waals surface area contributed by atoms with E-state index in [1.54, 1.807) is 0 Å². The SMILES string of the molecule is [N-]=[N+]=NCOC1C[C@H](n2cnc3c(N)ncnc32)O[C@@H]1COP(O)(=S)OP(=O)(O)OP(=O)(O)O. The van der Waals surface area contributed by atoms with Gasteiger partial charge in [0.25, 0.3) is 0 Å². The monoisotopic (exact) mass is 562 g/mol. The van der Waals surface area contributed by atoms with Gasteiger partial charge in [0.2, 0.25) is 0 Å². The van der Waals surface area contributed by atoms with E-state index in [0.29, 0.717) is 11.2 Å². The summed E-state index contributed by atoms with van der Waals surface area (Å²) in [7, 11) is -10.9. The second-order valence-electron chi connectivity index (χ2n) is 6.40. The number of hydrogen-bond donors (Lipinski definition) is 5. The molecule has 0 amide bonds. The van der Waals surface area contributed by atoms with E-state index < -0.39 is 47.4 Å². The average molecular weight is 562 g/mol. The molecule has 3 rings (SSSR count). The fourth-order valence-electron chi connectivity index (χ4n) is 2.90. The Bertz CT molecular complexity index is 1230. The lowest BCUT2D eigenvalue weighted by molar-refractivity contribution is -0.0563. The van der Waals surface area contributed by atoms with Crippen molar-refractivity contribution in [3.8, 4) is 0 Å². The summed E-state index contributed by atoms with van der Waals surface area (Å²) in [6.07, 6.45) is 0.244. The van der Waals surface area contributed by atoms with Crippen LogP contribution in [0.5, 0.6) is 0 Å². The van der Waals surface area contributed by atoms with Crippen LogP contribution in [-0.4, -0.2) is 64.6 Å². The Balaban J connectivity index is 1.73. The van der Waals surface area contributed by atoms with E-state index in [4.69, 9.17) is 35.0 Å². The third-order valence-corrected chi connectivity index (χ3v) is 8.82. The molecule has 19 nitrogen and oxygen atoms in total. The van der Waals surface area contributed by atoms with Crippen molar-refractivity contribution in [3.63, 3.8) is 0 Å². The largest absolute Gasteiger partial charge is 0.488 e. The van der Waals surface area contributed by atoms with Gasteiger partial charge in [0.1, 0.15) is 30.9 Å². The van der Waals surface area contributed by atoms with E-state index in [-0.39, 0.29) is 19.0 Å². The van der Waals surface area contributed by atoms with Gasteiger partial charge in [-0.3, -0.25) is 4.57 Å². The van der Waals surface area contributed by atoms with Gasteiger partial charge in [-0.2, -0.15) is 4.31 Å². The number of nitrogen functional groups attached to an aromatic ring is 1. The third kappa shape index (κ3) is 7.21. The first-order valence-corrected chi connectivity index (χ1v) is 14.4. The molecule has 3 heterocycles. The number of aromatic nitrogens is 4. The minimum atomic E-state index is -5.48. The first-order chi connectivity index (χ1) is 15.8. The molecule has 0 aromatic carbocycles. The van der Waals surface area contributed by atoms with Gasteiger partial charge in [0, 0.05) is 11.3 Å². The molecule has 188 valence electrons. The molecule has 5 atom stereocenters. The number of azide groups is 1. The second-order valence-corrected chi connectivity index (χ2v) is 12.2. The van der Waals surface area contributed by atoms with Crippen LogP contribution in [0.4, 0.5) is 5.82 Å². The molecule has 0 spiro atoms. The van der Waals surface area contributed by atoms with E-state index in [1.807, 2.05) is 0 Å². The highest BCUT2D eigenvalue weighted by molar-refractivity contribution is 8.08. The van der Waals surface area contributed by atoms with E-state index >= 15 is 0 Å². The molecule has 2 aromatic rings. The van der Waals surface area contributed by atoms with Crippen molar-refractivity contribution in [1.82, 2.24) is 19.5 Å². The molecule has 34 heavy (non-hydrogen) atoms. The smallest absolute Gasteiger partial charge is 0.382 e. The first-order valence-electron chi connectivity index (χ1n) is 8.79. The summed E-state index contributed by atoms with van der Waals surface area (Å²) in [4.78, 5) is 51.3. The molecule has 0 bridgehead atoms. The summed E-state index contributed by atoms with van der Waals surface area (Å²) in [6, 6.07) is 0. The van der Waals surface area contributed by atoms with Crippen molar-refractivity contribution in [2.24, 2.45) is 5.11 Å². The number of imidazole rings is 1. The summed E-state index contributed by atoms with van der Waals surface area (Å²) < 4.78 is 48.0. The van der Waals surface area contributed by atoms with E-state index in [9.17, 15) is 18.9 Å². The van der Waals surface area contributed by atoms with Crippen LogP contribution in [-0.2, 0) is 43.6 Å². The number of anilines is 1. The number of ether oxygens (including phenoxy) is 2. The Morgan fingerprint density at radius 2 is 2.03 bits per heavy atom. The number of hydrogen-bond acceptors (Lipinski definition) is 13. The number of nitrogens with zero attached hydrogens (tertiary/aromatic N) is 7. The van der Waals surface area contributed by atoms with Gasteiger partial charge in [0.15, 0.2) is 11.5 Å². The number of phosphoric acid groups is 2. The molecule has 23 heteroatoms. The quantitative estimate of drug-likeness (QED) is 0.110. The van der Waals surface area contributed by atoms with E-state index in [2.05, 4.69) is 45.4 Å². The maximum atomic E-state index is 11.6. The predicted octanol–water partition coefficient (Wildman–Crippen LogP) is 0.809. The highest BCUT2D eigenvalue weighted by Gasteiger charge is 2.41. The molecular formula is C11H17N8O11P3S. The molecule has 1 saturated heterocycles. The zero-order chi connectivity index (χ0) is 25.1. The summed E-state index contributed by atoms with van der Waals surface area (Å²) in [5, 5.41) is 3.27. The Morgan fingerprint density at radius 1 is 1.29 bits per heavy atom. The Kier molecular flexibility index (Phi) is 8.40. The Morgan fingerprint density at radius 3 is 2.71 bits per heavy atom. The minimum absolute atomic E-state index is 0.141. The van der Waals surface area contributed by atoms with Crippen LogP contribution in [0.1, 0.15) is 12.6 Å². The maximum absolute atomic E-state index is 11.6. The standard InChI is InChI=1S/C11H17N8O11P3S/c12-10-9-11(15-3-14-10)19(4-16-9)8-1-6(26-5-17-18-13)7(28-8)2-27-33(25,34)30-32(23,24)29-31(20,21)22/h3-4,6-8H,1-2,5H2,(H,23,24)(H,25,34)(H2,12,14,15)(H2,20,21,22)/t6?,7-,8-,33?/m1/s1. The fourth-order valence-corrected chi connectivity index (χ4v) is 6.87. The third-order valence-electron chi connectivity index (χ3n) is 4.11. The van der Waals surface area contributed by atoms with Crippen LogP contribution in [0, 0.1) is 0 Å². The van der Waals surface area contributed by atoms with Gasteiger partial charge >= 0.3 is 22.4 Å². The van der Waals surface area contributed by atoms with Crippen molar-refractivity contribution in [1.29, 1.82) is 0 Å². The fraction of sp³-hybridized carbons (Fsp3) is 0.545. The van der Waals surface area contributed by atoms with Gasteiger partial charge in [-0.05, 0) is 17.3 Å². The molecule has 0 aliphatic carbocycles. The van der Waals surface area contributed by atoms with E-state index in [0.717, 1.165) is 0 Å². The van der Waals surface area contributed by atoms with Crippen molar-refractivity contribution in [2.75, 3.05) is 19.1 Å². The van der Waals surface area contributed by atoms with Crippen LogP contribution >= 0.6 is 22.4 Å². The zero-order valence-electron chi connectivity index (χ0n) is 16.6. The van der Waals surface area contributed by atoms with Crippen LogP contribution < -0.4 is 5.73 Å². The Labute approximate surface area is 194 Å². The topological polar surface area (TPSA) is 280 Å². The first kappa shape index (κ1) is 27.0. The second kappa shape index (κ2) is 10.6. The zero-order valence-corrected chi connectivity index (χ0v) is 20.1. The van der Waals surface area contributed by atoms with Crippen LogP contribution in [0.2, 0.25) is 0 Å². The van der Waals surface area contributed by atoms with Crippen molar-refractivity contribution >= 4 is 51.2 Å². The molecule has 1 fully saturated rings.